The number of benzene rings is 2. The van der Waals surface area contributed by atoms with Gasteiger partial charge in [0, 0.05) is 13.0 Å². The van der Waals surface area contributed by atoms with Crippen LogP contribution >= 0.6 is 0 Å². The van der Waals surface area contributed by atoms with Gasteiger partial charge in [-0.3, -0.25) is 9.69 Å². The number of carbonyl (C=O) groups excluding carboxylic acids is 2. The van der Waals surface area contributed by atoms with Crippen molar-refractivity contribution >= 4 is 18.0 Å². The Morgan fingerprint density at radius 1 is 0.963 bits per heavy atom. The third-order valence-corrected chi connectivity index (χ3v) is 3.96. The summed E-state index contributed by atoms with van der Waals surface area (Å²) in [7, 11) is 0. The highest BCUT2D eigenvalue weighted by Crippen LogP contribution is 2.16. The Balaban J connectivity index is 2.17. The lowest BCUT2D eigenvalue weighted by atomic mass is 10.1. The molecular formula is C20H22N2O5. The largest absolute Gasteiger partial charge is 0.480 e. The summed E-state index contributed by atoms with van der Waals surface area (Å²) < 4.78 is 5.31. The zero-order valence-electron chi connectivity index (χ0n) is 14.8. The van der Waals surface area contributed by atoms with Crippen LogP contribution in [0.25, 0.3) is 0 Å². The Morgan fingerprint density at radius 3 is 2.04 bits per heavy atom. The molecule has 0 unspecified atom stereocenters. The minimum atomic E-state index is -1.22. The average molecular weight is 370 g/mol. The number of amides is 2. The molecule has 27 heavy (non-hydrogen) atoms. The van der Waals surface area contributed by atoms with E-state index in [1.807, 2.05) is 24.3 Å². The minimum Gasteiger partial charge on any atom is -0.480 e. The van der Waals surface area contributed by atoms with Gasteiger partial charge in [-0.05, 0) is 17.5 Å². The van der Waals surface area contributed by atoms with E-state index in [4.69, 9.17) is 10.5 Å². The predicted octanol–water partition coefficient (Wildman–Crippen LogP) is 2.54. The summed E-state index contributed by atoms with van der Waals surface area (Å²) in [6.45, 7) is 0.0668. The van der Waals surface area contributed by atoms with E-state index in [0.29, 0.717) is 0 Å². The van der Waals surface area contributed by atoms with Crippen molar-refractivity contribution in [1.82, 2.24) is 4.90 Å². The number of carboxylic acids is 1. The average Bonchev–Trinajstić information content (AvgIpc) is 2.66. The summed E-state index contributed by atoms with van der Waals surface area (Å²) in [4.78, 5) is 36.6. The number of nitrogens with zero attached hydrogens (tertiary/aromatic N) is 1. The molecule has 0 bridgehead atoms. The van der Waals surface area contributed by atoms with Gasteiger partial charge in [-0.25, -0.2) is 9.59 Å². The fourth-order valence-electron chi connectivity index (χ4n) is 2.58. The van der Waals surface area contributed by atoms with Crippen LogP contribution in [0.1, 0.15) is 24.0 Å². The molecule has 0 heterocycles. The molecule has 0 spiro atoms. The van der Waals surface area contributed by atoms with E-state index in [2.05, 4.69) is 0 Å². The predicted molar refractivity (Wildman–Crippen MR) is 98.5 cm³/mol. The number of carbonyl (C=O) groups is 3. The highest BCUT2D eigenvalue weighted by Gasteiger charge is 2.31. The van der Waals surface area contributed by atoms with E-state index in [-0.39, 0.29) is 26.0 Å². The summed E-state index contributed by atoms with van der Waals surface area (Å²) in [6, 6.07) is 16.8. The van der Waals surface area contributed by atoms with E-state index in [1.54, 1.807) is 36.4 Å². The van der Waals surface area contributed by atoms with Crippen molar-refractivity contribution in [3.63, 3.8) is 0 Å². The maximum absolute atomic E-state index is 12.6. The Kier molecular flexibility index (Phi) is 7.37. The van der Waals surface area contributed by atoms with Gasteiger partial charge in [-0.15, -0.1) is 0 Å². The van der Waals surface area contributed by atoms with Crippen LogP contribution in [-0.2, 0) is 27.5 Å². The van der Waals surface area contributed by atoms with Crippen molar-refractivity contribution in [3.8, 4) is 0 Å². The molecule has 0 saturated heterocycles. The smallest absolute Gasteiger partial charge is 0.411 e. The van der Waals surface area contributed by atoms with Crippen LogP contribution < -0.4 is 5.73 Å². The number of rotatable bonds is 9. The Labute approximate surface area is 157 Å². The first-order valence-corrected chi connectivity index (χ1v) is 8.49. The molecule has 142 valence electrons. The number of primary amides is 1. The maximum Gasteiger partial charge on any atom is 0.411 e. The second-order valence-corrected chi connectivity index (χ2v) is 6.01. The normalized spacial score (nSPS) is 11.4. The molecule has 0 radical (unpaired) electrons. The monoisotopic (exact) mass is 370 g/mol. The second-order valence-electron chi connectivity index (χ2n) is 6.01. The summed E-state index contributed by atoms with van der Waals surface area (Å²) in [5, 5.41) is 9.57. The van der Waals surface area contributed by atoms with Crippen LogP contribution in [0, 0.1) is 0 Å². The number of ether oxygens (including phenoxy) is 1. The quantitative estimate of drug-likeness (QED) is 0.705. The SMILES string of the molecule is NC(=O)CC[C@@H](C(=O)O)N(Cc1ccccc1)C(=O)OCc1ccccc1. The third kappa shape index (κ3) is 6.47. The maximum atomic E-state index is 12.6. The number of carboxylic acid groups (broad SMARTS) is 1. The van der Waals surface area contributed by atoms with Crippen LogP contribution in [0.5, 0.6) is 0 Å². The van der Waals surface area contributed by atoms with Gasteiger partial charge < -0.3 is 15.6 Å². The lowest BCUT2D eigenvalue weighted by Crippen LogP contribution is -2.45. The number of nitrogens with two attached hydrogens (primary N) is 1. The Bertz CT molecular complexity index is 764. The van der Waals surface area contributed by atoms with Gasteiger partial charge >= 0.3 is 12.1 Å². The van der Waals surface area contributed by atoms with Gasteiger partial charge in [0.2, 0.25) is 5.91 Å². The molecule has 2 amide bonds. The molecule has 0 aromatic heterocycles. The first-order valence-electron chi connectivity index (χ1n) is 8.49. The number of hydrogen-bond donors (Lipinski definition) is 2. The summed E-state index contributed by atoms with van der Waals surface area (Å²) in [5.74, 6) is -1.84. The minimum absolute atomic E-state index is 0.0210. The van der Waals surface area contributed by atoms with Crippen molar-refractivity contribution in [3.05, 3.63) is 71.8 Å². The van der Waals surface area contributed by atoms with Crippen LogP contribution in [0.15, 0.2) is 60.7 Å². The van der Waals surface area contributed by atoms with Crippen molar-refractivity contribution in [2.75, 3.05) is 0 Å². The van der Waals surface area contributed by atoms with Gasteiger partial charge in [0.15, 0.2) is 0 Å². The van der Waals surface area contributed by atoms with Crippen LogP contribution in [0.4, 0.5) is 4.79 Å². The molecule has 3 N–H and O–H groups in total. The molecule has 0 saturated carbocycles. The Hall–Kier alpha value is -3.35. The molecule has 0 aliphatic carbocycles. The van der Waals surface area contributed by atoms with Crippen LogP contribution in [0.3, 0.4) is 0 Å². The van der Waals surface area contributed by atoms with Crippen molar-refractivity contribution in [1.29, 1.82) is 0 Å². The van der Waals surface area contributed by atoms with E-state index in [9.17, 15) is 19.5 Å². The highest BCUT2D eigenvalue weighted by atomic mass is 16.6. The molecule has 2 rings (SSSR count). The van der Waals surface area contributed by atoms with Gasteiger partial charge in [0.05, 0.1) is 0 Å². The molecular weight excluding hydrogens is 348 g/mol. The summed E-state index contributed by atoms with van der Waals surface area (Å²) >= 11 is 0. The number of hydrogen-bond acceptors (Lipinski definition) is 4. The molecule has 0 aliphatic heterocycles. The van der Waals surface area contributed by atoms with E-state index in [0.717, 1.165) is 16.0 Å². The topological polar surface area (TPSA) is 110 Å². The highest BCUT2D eigenvalue weighted by molar-refractivity contribution is 5.81. The molecule has 0 fully saturated rings. The van der Waals surface area contributed by atoms with Crippen molar-refractivity contribution < 1.29 is 24.2 Å². The van der Waals surface area contributed by atoms with Crippen LogP contribution in [-0.4, -0.2) is 34.0 Å². The van der Waals surface area contributed by atoms with E-state index in [1.165, 1.54) is 0 Å². The zero-order chi connectivity index (χ0) is 19.6. The molecule has 7 nitrogen and oxygen atoms in total. The van der Waals surface area contributed by atoms with Crippen LogP contribution in [0.2, 0.25) is 0 Å². The molecule has 2 aromatic carbocycles. The summed E-state index contributed by atoms with van der Waals surface area (Å²) in [5.41, 5.74) is 6.67. The first kappa shape index (κ1) is 20.0. The first-order chi connectivity index (χ1) is 13.0. The summed E-state index contributed by atoms with van der Waals surface area (Å²) in [6.07, 6.45) is -0.994. The lowest BCUT2D eigenvalue weighted by Gasteiger charge is -2.28. The van der Waals surface area contributed by atoms with Gasteiger partial charge in [-0.1, -0.05) is 60.7 Å². The molecule has 2 aromatic rings. The van der Waals surface area contributed by atoms with Crippen molar-refractivity contribution in [2.24, 2.45) is 5.73 Å². The van der Waals surface area contributed by atoms with E-state index >= 15 is 0 Å². The molecule has 0 aliphatic rings. The molecule has 7 heteroatoms. The van der Waals surface area contributed by atoms with E-state index < -0.39 is 24.0 Å². The van der Waals surface area contributed by atoms with Crippen molar-refractivity contribution in [2.45, 2.75) is 32.0 Å². The fraction of sp³-hybridized carbons (Fsp3) is 0.250. The van der Waals surface area contributed by atoms with Gasteiger partial charge in [-0.2, -0.15) is 0 Å². The van der Waals surface area contributed by atoms with Gasteiger partial charge in [0.1, 0.15) is 12.6 Å². The zero-order valence-corrected chi connectivity index (χ0v) is 14.8. The fourth-order valence-corrected chi connectivity index (χ4v) is 2.58. The Morgan fingerprint density at radius 2 is 1.52 bits per heavy atom. The number of aliphatic carboxylic acids is 1. The lowest BCUT2D eigenvalue weighted by molar-refractivity contribution is -0.143. The molecule has 1 atom stereocenters. The van der Waals surface area contributed by atoms with Gasteiger partial charge in [0.25, 0.3) is 0 Å². The third-order valence-electron chi connectivity index (χ3n) is 3.96. The standard InChI is InChI=1S/C20H22N2O5/c21-18(23)12-11-17(19(24)25)22(13-15-7-3-1-4-8-15)20(26)27-14-16-9-5-2-6-10-16/h1-10,17H,11-14H2,(H2,21,23)(H,24,25)/t17-/m0/s1. The second kappa shape index (κ2) is 9.96.